The number of aryl methyl sites for hydroxylation is 1. The number of carbonyl (C=O) groups is 2. The molecule has 23 heavy (non-hydrogen) atoms. The van der Waals surface area contributed by atoms with E-state index in [-0.39, 0.29) is 30.0 Å². The summed E-state index contributed by atoms with van der Waals surface area (Å²) in [6, 6.07) is 9.14. The van der Waals surface area contributed by atoms with Crippen molar-refractivity contribution in [3.8, 4) is 0 Å². The zero-order valence-corrected chi connectivity index (χ0v) is 14.8. The first-order valence-corrected chi connectivity index (χ1v) is 8.69. The molecule has 2 rings (SSSR count). The highest BCUT2D eigenvalue weighted by atomic mass is 79.9. The summed E-state index contributed by atoms with van der Waals surface area (Å²) >= 11 is 4.57. The van der Waals surface area contributed by atoms with E-state index in [4.69, 9.17) is 9.26 Å². The molecule has 122 valence electrons. The number of amides is 1. The van der Waals surface area contributed by atoms with E-state index >= 15 is 0 Å². The Kier molecular flexibility index (Phi) is 6.66. The fraction of sp³-hybridized carbons (Fsp3) is 0.267. The van der Waals surface area contributed by atoms with Crippen LogP contribution in [0.15, 0.2) is 39.3 Å². The van der Waals surface area contributed by atoms with Crippen LogP contribution in [0.2, 0.25) is 0 Å². The Morgan fingerprint density at radius 2 is 2.13 bits per heavy atom. The van der Waals surface area contributed by atoms with Gasteiger partial charge in [-0.15, -0.1) is 11.8 Å². The van der Waals surface area contributed by atoms with Crippen molar-refractivity contribution < 1.29 is 18.8 Å². The minimum atomic E-state index is -0.365. The smallest absolute Gasteiger partial charge is 0.316 e. The maximum Gasteiger partial charge on any atom is 0.316 e. The Morgan fingerprint density at radius 3 is 2.83 bits per heavy atom. The van der Waals surface area contributed by atoms with E-state index in [0.29, 0.717) is 11.6 Å². The molecule has 1 aromatic heterocycles. The van der Waals surface area contributed by atoms with Gasteiger partial charge in [-0.05, 0) is 13.0 Å². The number of nitrogens with zero attached hydrogens (tertiary/aromatic N) is 1. The average molecular weight is 399 g/mol. The second-order valence-corrected chi connectivity index (χ2v) is 6.46. The van der Waals surface area contributed by atoms with E-state index in [1.54, 1.807) is 13.0 Å². The molecule has 1 heterocycles. The van der Waals surface area contributed by atoms with Crippen LogP contribution < -0.4 is 5.32 Å². The monoisotopic (exact) mass is 398 g/mol. The van der Waals surface area contributed by atoms with Crippen LogP contribution in [0, 0.1) is 6.92 Å². The van der Waals surface area contributed by atoms with Gasteiger partial charge in [-0.1, -0.05) is 39.3 Å². The lowest BCUT2D eigenvalue weighted by atomic mass is 10.2. The number of halogens is 1. The minimum absolute atomic E-state index is 0.107. The fourth-order valence-corrected chi connectivity index (χ4v) is 2.66. The molecule has 0 aliphatic heterocycles. The largest absolute Gasteiger partial charge is 0.460 e. The number of benzene rings is 1. The van der Waals surface area contributed by atoms with E-state index in [9.17, 15) is 9.59 Å². The number of anilines is 1. The van der Waals surface area contributed by atoms with Crippen LogP contribution in [-0.2, 0) is 20.9 Å². The average Bonchev–Trinajstić information content (AvgIpc) is 2.91. The third-order valence-corrected chi connectivity index (χ3v) is 4.37. The number of rotatable bonds is 7. The van der Waals surface area contributed by atoms with Crippen molar-refractivity contribution in [1.29, 1.82) is 0 Å². The highest BCUT2D eigenvalue weighted by Crippen LogP contribution is 2.17. The highest BCUT2D eigenvalue weighted by Gasteiger charge is 2.09. The molecular weight excluding hydrogens is 384 g/mol. The van der Waals surface area contributed by atoms with Crippen molar-refractivity contribution in [2.45, 2.75) is 13.5 Å². The Bertz CT molecular complexity index is 690. The van der Waals surface area contributed by atoms with Gasteiger partial charge in [-0.2, -0.15) is 0 Å². The molecule has 1 N–H and O–H groups in total. The second-order valence-electron chi connectivity index (χ2n) is 4.62. The third kappa shape index (κ3) is 6.07. The van der Waals surface area contributed by atoms with Gasteiger partial charge in [0, 0.05) is 16.1 Å². The predicted molar refractivity (Wildman–Crippen MR) is 91.1 cm³/mol. The van der Waals surface area contributed by atoms with Gasteiger partial charge >= 0.3 is 5.97 Å². The number of aromatic nitrogens is 1. The van der Waals surface area contributed by atoms with Crippen molar-refractivity contribution in [1.82, 2.24) is 5.16 Å². The first-order chi connectivity index (χ1) is 11.0. The minimum Gasteiger partial charge on any atom is -0.460 e. The van der Waals surface area contributed by atoms with Crippen molar-refractivity contribution in [3.63, 3.8) is 0 Å². The lowest BCUT2D eigenvalue weighted by Gasteiger charge is -2.06. The number of ether oxygens (including phenoxy) is 1. The normalized spacial score (nSPS) is 10.3. The molecule has 1 amide bonds. The van der Waals surface area contributed by atoms with Gasteiger partial charge in [0.1, 0.15) is 12.4 Å². The zero-order chi connectivity index (χ0) is 16.7. The molecule has 0 aliphatic carbocycles. The molecule has 8 heteroatoms. The SMILES string of the molecule is Cc1cc(NC(=O)CSCC(=O)OCc2ccccc2Br)no1. The summed E-state index contributed by atoms with van der Waals surface area (Å²) < 4.78 is 10.9. The lowest BCUT2D eigenvalue weighted by Crippen LogP contribution is -2.16. The highest BCUT2D eigenvalue weighted by molar-refractivity contribution is 9.10. The van der Waals surface area contributed by atoms with Crippen molar-refractivity contribution in [3.05, 3.63) is 46.1 Å². The van der Waals surface area contributed by atoms with Gasteiger partial charge in [0.15, 0.2) is 5.82 Å². The molecule has 0 unspecified atom stereocenters. The number of esters is 1. The first-order valence-electron chi connectivity index (χ1n) is 6.74. The van der Waals surface area contributed by atoms with Gasteiger partial charge in [0.05, 0.1) is 11.5 Å². The molecule has 0 bridgehead atoms. The quantitative estimate of drug-likeness (QED) is 0.721. The zero-order valence-electron chi connectivity index (χ0n) is 12.4. The van der Waals surface area contributed by atoms with Crippen LogP contribution in [0.4, 0.5) is 5.82 Å². The Labute approximate surface area is 146 Å². The van der Waals surface area contributed by atoms with Gasteiger partial charge in [-0.25, -0.2) is 0 Å². The molecular formula is C15H15BrN2O4S. The molecule has 2 aromatic rings. The van der Waals surface area contributed by atoms with Crippen LogP contribution in [-0.4, -0.2) is 28.5 Å². The van der Waals surface area contributed by atoms with Gasteiger partial charge in [0.25, 0.3) is 0 Å². The summed E-state index contributed by atoms with van der Waals surface area (Å²) in [5, 5.41) is 6.24. The summed E-state index contributed by atoms with van der Waals surface area (Å²) in [6.45, 7) is 1.93. The number of hydrogen-bond acceptors (Lipinski definition) is 6. The van der Waals surface area contributed by atoms with Gasteiger partial charge < -0.3 is 14.6 Å². The van der Waals surface area contributed by atoms with Crippen LogP contribution in [0.25, 0.3) is 0 Å². The van der Waals surface area contributed by atoms with E-state index < -0.39 is 0 Å². The van der Waals surface area contributed by atoms with Crippen LogP contribution in [0.5, 0.6) is 0 Å². The molecule has 6 nitrogen and oxygen atoms in total. The molecule has 1 aromatic carbocycles. The number of hydrogen-bond donors (Lipinski definition) is 1. The summed E-state index contributed by atoms with van der Waals surface area (Å²) in [5.41, 5.74) is 0.894. The number of carbonyl (C=O) groups excluding carboxylic acids is 2. The first kappa shape index (κ1) is 17.6. The van der Waals surface area contributed by atoms with Crippen LogP contribution in [0.3, 0.4) is 0 Å². The standard InChI is InChI=1S/C15H15BrN2O4S/c1-10-6-13(18-22-10)17-14(19)8-23-9-15(20)21-7-11-4-2-3-5-12(11)16/h2-6H,7-9H2,1H3,(H,17,18,19). The Balaban J connectivity index is 1.64. The molecule has 0 spiro atoms. The molecule has 0 aliphatic rings. The lowest BCUT2D eigenvalue weighted by molar-refractivity contribution is -0.141. The predicted octanol–water partition coefficient (Wildman–Crippen LogP) is 3.16. The van der Waals surface area contributed by atoms with Crippen LogP contribution in [0.1, 0.15) is 11.3 Å². The number of thioether (sulfide) groups is 1. The van der Waals surface area contributed by atoms with Crippen molar-refractivity contribution in [2.75, 3.05) is 16.8 Å². The van der Waals surface area contributed by atoms with Crippen LogP contribution >= 0.6 is 27.7 Å². The fourth-order valence-electron chi connectivity index (χ4n) is 1.65. The maximum absolute atomic E-state index is 11.7. The van der Waals surface area contributed by atoms with E-state index in [0.717, 1.165) is 10.0 Å². The maximum atomic E-state index is 11.7. The summed E-state index contributed by atoms with van der Waals surface area (Å²) in [6.07, 6.45) is 0. The van der Waals surface area contributed by atoms with Gasteiger partial charge in [0.2, 0.25) is 5.91 Å². The van der Waals surface area contributed by atoms with E-state index in [1.807, 2.05) is 24.3 Å². The Hall–Kier alpha value is -1.80. The summed E-state index contributed by atoms with van der Waals surface area (Å²) in [4.78, 5) is 23.3. The molecule has 0 saturated carbocycles. The van der Waals surface area contributed by atoms with Gasteiger partial charge in [-0.3, -0.25) is 9.59 Å². The molecule has 0 saturated heterocycles. The van der Waals surface area contributed by atoms with E-state index in [2.05, 4.69) is 26.4 Å². The third-order valence-electron chi connectivity index (χ3n) is 2.70. The topological polar surface area (TPSA) is 81.4 Å². The molecule has 0 radical (unpaired) electrons. The molecule has 0 fully saturated rings. The van der Waals surface area contributed by atoms with Crippen molar-refractivity contribution in [2.24, 2.45) is 0 Å². The molecule has 0 atom stereocenters. The van der Waals surface area contributed by atoms with Crippen molar-refractivity contribution >= 4 is 45.4 Å². The Morgan fingerprint density at radius 1 is 1.35 bits per heavy atom. The summed E-state index contributed by atoms with van der Waals surface area (Å²) in [7, 11) is 0. The summed E-state index contributed by atoms with van der Waals surface area (Å²) in [5.74, 6) is 0.608. The number of nitrogens with one attached hydrogen (secondary N) is 1. The second kappa shape index (κ2) is 8.73. The van der Waals surface area contributed by atoms with E-state index in [1.165, 1.54) is 11.8 Å².